The lowest BCUT2D eigenvalue weighted by Gasteiger charge is -2.19. The molecule has 0 fully saturated rings. The number of aryl methyl sites for hydroxylation is 1. The fourth-order valence-electron chi connectivity index (χ4n) is 3.16. The minimum atomic E-state index is -3.80. The standard InChI is InChI=1S/C23H26N2O3S/c1-17(12-13-19-8-4-3-5-9-19)24-23(26)18(2)25-29(27,28)22-15-14-20-10-6-7-11-21(20)16-22/h3-11,14-18,25H,12-13H2,1-2H3,(H,24,26)/t17-,18+/m0/s1. The first-order valence-corrected chi connectivity index (χ1v) is 11.2. The van der Waals surface area contributed by atoms with E-state index in [-0.39, 0.29) is 16.8 Å². The molecule has 0 aliphatic carbocycles. The molecule has 0 aromatic heterocycles. The summed E-state index contributed by atoms with van der Waals surface area (Å²) in [7, 11) is -3.80. The summed E-state index contributed by atoms with van der Waals surface area (Å²) in [5, 5.41) is 4.69. The van der Waals surface area contributed by atoms with Gasteiger partial charge in [-0.25, -0.2) is 8.42 Å². The number of sulfonamides is 1. The molecule has 5 nitrogen and oxygen atoms in total. The Morgan fingerprint density at radius 1 is 0.897 bits per heavy atom. The van der Waals surface area contributed by atoms with Gasteiger partial charge in [0, 0.05) is 6.04 Å². The molecule has 2 atom stereocenters. The Hall–Kier alpha value is -2.70. The summed E-state index contributed by atoms with van der Waals surface area (Å²) in [5.41, 5.74) is 1.21. The van der Waals surface area contributed by atoms with Gasteiger partial charge in [0.25, 0.3) is 0 Å². The molecule has 1 amide bonds. The van der Waals surface area contributed by atoms with Crippen LogP contribution in [-0.4, -0.2) is 26.4 Å². The van der Waals surface area contributed by atoms with Gasteiger partial charge in [0.05, 0.1) is 10.9 Å². The topological polar surface area (TPSA) is 75.3 Å². The number of nitrogens with one attached hydrogen (secondary N) is 2. The zero-order valence-corrected chi connectivity index (χ0v) is 17.4. The molecule has 0 saturated carbocycles. The van der Waals surface area contributed by atoms with Crippen molar-refractivity contribution < 1.29 is 13.2 Å². The van der Waals surface area contributed by atoms with Gasteiger partial charge in [0.2, 0.25) is 15.9 Å². The molecule has 0 unspecified atom stereocenters. The predicted molar refractivity (Wildman–Crippen MR) is 116 cm³/mol. The van der Waals surface area contributed by atoms with Gasteiger partial charge >= 0.3 is 0 Å². The van der Waals surface area contributed by atoms with Crippen molar-refractivity contribution in [3.8, 4) is 0 Å². The molecule has 29 heavy (non-hydrogen) atoms. The maximum atomic E-state index is 12.7. The van der Waals surface area contributed by atoms with Crippen molar-refractivity contribution in [1.29, 1.82) is 0 Å². The SMILES string of the molecule is C[C@@H](CCc1ccccc1)NC(=O)[C@@H](C)NS(=O)(=O)c1ccc2ccccc2c1. The number of amides is 1. The van der Waals surface area contributed by atoms with E-state index in [1.807, 2.05) is 49.4 Å². The molecule has 152 valence electrons. The number of benzene rings is 3. The number of fused-ring (bicyclic) bond motifs is 1. The largest absolute Gasteiger partial charge is 0.352 e. The third kappa shape index (κ3) is 5.65. The molecule has 0 spiro atoms. The van der Waals surface area contributed by atoms with Gasteiger partial charge in [0.15, 0.2) is 0 Å². The number of carbonyl (C=O) groups excluding carboxylic acids is 1. The van der Waals surface area contributed by atoms with Crippen LogP contribution in [0.15, 0.2) is 77.7 Å². The third-order valence-corrected chi connectivity index (χ3v) is 6.39. The van der Waals surface area contributed by atoms with E-state index >= 15 is 0 Å². The van der Waals surface area contributed by atoms with Crippen LogP contribution in [-0.2, 0) is 21.2 Å². The van der Waals surface area contributed by atoms with Gasteiger partial charge in [-0.2, -0.15) is 4.72 Å². The monoisotopic (exact) mass is 410 g/mol. The van der Waals surface area contributed by atoms with Crippen LogP contribution >= 0.6 is 0 Å². The minimum absolute atomic E-state index is 0.0599. The zero-order valence-electron chi connectivity index (χ0n) is 16.6. The average molecular weight is 411 g/mol. The molecule has 3 rings (SSSR count). The van der Waals surface area contributed by atoms with E-state index in [0.29, 0.717) is 0 Å². The summed E-state index contributed by atoms with van der Waals surface area (Å²) in [6.45, 7) is 3.48. The first-order valence-electron chi connectivity index (χ1n) is 9.70. The van der Waals surface area contributed by atoms with Crippen LogP contribution in [0.1, 0.15) is 25.8 Å². The Morgan fingerprint density at radius 3 is 2.28 bits per heavy atom. The van der Waals surface area contributed by atoms with Gasteiger partial charge < -0.3 is 5.32 Å². The van der Waals surface area contributed by atoms with Gasteiger partial charge in [-0.05, 0) is 55.2 Å². The molecular weight excluding hydrogens is 384 g/mol. The Kier molecular flexibility index (Phi) is 6.67. The molecule has 0 aliphatic heterocycles. The van der Waals surface area contributed by atoms with E-state index in [1.54, 1.807) is 25.1 Å². The number of carbonyl (C=O) groups is 1. The third-order valence-electron chi connectivity index (χ3n) is 4.85. The highest BCUT2D eigenvalue weighted by Crippen LogP contribution is 2.19. The highest BCUT2D eigenvalue weighted by molar-refractivity contribution is 7.89. The Bertz CT molecular complexity index is 1080. The predicted octanol–water partition coefficient (Wildman–Crippen LogP) is 3.64. The van der Waals surface area contributed by atoms with Crippen LogP contribution in [0.5, 0.6) is 0 Å². The normalized spacial score (nSPS) is 13.7. The second-order valence-corrected chi connectivity index (χ2v) is 9.00. The smallest absolute Gasteiger partial charge is 0.241 e. The molecule has 0 bridgehead atoms. The van der Waals surface area contributed by atoms with E-state index in [2.05, 4.69) is 22.2 Å². The van der Waals surface area contributed by atoms with E-state index in [4.69, 9.17) is 0 Å². The van der Waals surface area contributed by atoms with Crippen LogP contribution in [0.2, 0.25) is 0 Å². The Labute approximate surface area is 172 Å². The lowest BCUT2D eigenvalue weighted by Crippen LogP contribution is -2.47. The average Bonchev–Trinajstić information content (AvgIpc) is 2.72. The molecule has 0 heterocycles. The fourth-order valence-corrected chi connectivity index (χ4v) is 4.39. The van der Waals surface area contributed by atoms with Crippen LogP contribution in [0.25, 0.3) is 10.8 Å². The maximum Gasteiger partial charge on any atom is 0.241 e. The summed E-state index contributed by atoms with van der Waals surface area (Å²) >= 11 is 0. The molecule has 0 radical (unpaired) electrons. The number of hydrogen-bond acceptors (Lipinski definition) is 3. The lowest BCUT2D eigenvalue weighted by atomic mass is 10.1. The first kappa shape index (κ1) is 21.0. The molecule has 0 aliphatic rings. The van der Waals surface area contributed by atoms with Gasteiger partial charge in [0.1, 0.15) is 0 Å². The summed E-state index contributed by atoms with van der Waals surface area (Å²) in [5.74, 6) is -0.338. The molecule has 0 saturated heterocycles. The van der Waals surface area contributed by atoms with Crippen molar-refractivity contribution in [2.24, 2.45) is 0 Å². The van der Waals surface area contributed by atoms with Gasteiger partial charge in [-0.1, -0.05) is 60.7 Å². The quantitative estimate of drug-likeness (QED) is 0.595. The highest BCUT2D eigenvalue weighted by Gasteiger charge is 2.23. The van der Waals surface area contributed by atoms with Gasteiger partial charge in [-0.3, -0.25) is 4.79 Å². The van der Waals surface area contributed by atoms with Crippen molar-refractivity contribution in [2.75, 3.05) is 0 Å². The molecule has 3 aromatic rings. The minimum Gasteiger partial charge on any atom is -0.352 e. The second kappa shape index (κ2) is 9.20. The number of hydrogen-bond donors (Lipinski definition) is 2. The van der Waals surface area contributed by atoms with Crippen LogP contribution in [0.3, 0.4) is 0 Å². The molecule has 6 heteroatoms. The van der Waals surface area contributed by atoms with E-state index in [0.717, 1.165) is 23.6 Å². The summed E-state index contributed by atoms with van der Waals surface area (Å²) in [6, 6.07) is 21.6. The highest BCUT2D eigenvalue weighted by atomic mass is 32.2. The van der Waals surface area contributed by atoms with Crippen LogP contribution in [0.4, 0.5) is 0 Å². The zero-order chi connectivity index (χ0) is 20.9. The summed E-state index contributed by atoms with van der Waals surface area (Å²) in [6.07, 6.45) is 1.62. The van der Waals surface area contributed by atoms with Crippen molar-refractivity contribution in [2.45, 2.75) is 43.7 Å². The second-order valence-electron chi connectivity index (χ2n) is 7.29. The van der Waals surface area contributed by atoms with Crippen molar-refractivity contribution >= 4 is 26.7 Å². The first-order chi connectivity index (χ1) is 13.8. The molecule has 3 aromatic carbocycles. The van der Waals surface area contributed by atoms with E-state index < -0.39 is 16.1 Å². The van der Waals surface area contributed by atoms with E-state index in [1.165, 1.54) is 5.56 Å². The van der Waals surface area contributed by atoms with E-state index in [9.17, 15) is 13.2 Å². The fraction of sp³-hybridized carbons (Fsp3) is 0.261. The number of rotatable bonds is 8. The van der Waals surface area contributed by atoms with Crippen LogP contribution in [0, 0.1) is 0 Å². The summed E-state index contributed by atoms with van der Waals surface area (Å²) < 4.78 is 27.9. The van der Waals surface area contributed by atoms with Crippen molar-refractivity contribution in [3.63, 3.8) is 0 Å². The molecule has 2 N–H and O–H groups in total. The van der Waals surface area contributed by atoms with Crippen molar-refractivity contribution in [1.82, 2.24) is 10.0 Å². The summed E-state index contributed by atoms with van der Waals surface area (Å²) in [4.78, 5) is 12.6. The maximum absolute atomic E-state index is 12.7. The Balaban J connectivity index is 1.58. The van der Waals surface area contributed by atoms with Gasteiger partial charge in [-0.15, -0.1) is 0 Å². The Morgan fingerprint density at radius 2 is 1.55 bits per heavy atom. The van der Waals surface area contributed by atoms with Crippen LogP contribution < -0.4 is 10.0 Å². The van der Waals surface area contributed by atoms with Crippen molar-refractivity contribution in [3.05, 3.63) is 78.4 Å². The molecular formula is C23H26N2O3S. The lowest BCUT2D eigenvalue weighted by molar-refractivity contribution is -0.123.